The minimum absolute atomic E-state index is 0.0393. The summed E-state index contributed by atoms with van der Waals surface area (Å²) in [7, 11) is 0. The molecule has 2 aliphatic rings. The molecule has 0 aliphatic carbocycles. The van der Waals surface area contributed by atoms with Crippen LogP contribution in [-0.4, -0.2) is 47.4 Å². The van der Waals surface area contributed by atoms with Crippen LogP contribution in [-0.2, 0) is 9.59 Å². The second-order valence-corrected chi connectivity index (χ2v) is 13.5. The van der Waals surface area contributed by atoms with E-state index in [1.807, 2.05) is 6.07 Å². The molecule has 0 unspecified atom stereocenters. The van der Waals surface area contributed by atoms with Crippen molar-refractivity contribution in [1.29, 1.82) is 5.26 Å². The van der Waals surface area contributed by atoms with Gasteiger partial charge in [0.1, 0.15) is 40.4 Å². The average Bonchev–Trinajstić information content (AvgIpc) is 4.01. The number of nitrogens with zero attached hydrogens (tertiary/aromatic N) is 7. The number of halogens is 8. The quantitative estimate of drug-likeness (QED) is 0.135. The molecule has 9 rings (SSSR count). The summed E-state index contributed by atoms with van der Waals surface area (Å²) in [4.78, 5) is 48.0. The largest absolute Gasteiger partial charge is 0.586 e. The van der Waals surface area contributed by atoms with E-state index in [1.165, 1.54) is 64.5 Å². The maximum absolute atomic E-state index is 13.6. The number of anilines is 1. The Bertz CT molecular complexity index is 2910. The van der Waals surface area contributed by atoms with Crippen molar-refractivity contribution in [3.63, 3.8) is 0 Å². The number of ether oxygens (including phenoxy) is 2. The zero-order valence-electron chi connectivity index (χ0n) is 29.0. The maximum Gasteiger partial charge on any atom is 0.586 e. The molecule has 0 bridgehead atoms. The number of para-hydroxylation sites is 1. The predicted octanol–water partition coefficient (Wildman–Crippen LogP) is 8.68. The predicted molar refractivity (Wildman–Crippen MR) is 207 cm³/mol. The standard InChI is InChI=1S/C16H8Cl2FN5O.C12H6F2N2O2.C10H4Cl2FNO2/c17-9-1-4-14(12(18)5-9)24-15(25)11-6-10(19)2-3-13(11)22-16(24)23-8-20-7-21-23;13-12(14)17-10-3-1-2-8(11(10)18-12)9-6-16-5-7(9)4-15;11-7-8(12)10(16)14(9(7)15)6-3-1-5(13)2-4-6/h1-8H;1-3,5-6,16H;1-4H. The van der Waals surface area contributed by atoms with Gasteiger partial charge in [-0.15, -0.1) is 8.78 Å². The topological polar surface area (TPSA) is 161 Å². The molecule has 2 aliphatic heterocycles. The molecule has 296 valence electrons. The monoisotopic (exact) mass is 882 g/mol. The van der Waals surface area contributed by atoms with Crippen molar-refractivity contribution < 1.29 is 36.6 Å². The van der Waals surface area contributed by atoms with Gasteiger partial charge in [-0.05, 0) is 66.7 Å². The zero-order valence-corrected chi connectivity index (χ0v) is 32.0. The fourth-order valence-electron chi connectivity index (χ4n) is 5.65. The van der Waals surface area contributed by atoms with Gasteiger partial charge in [-0.1, -0.05) is 58.5 Å². The molecule has 7 aromatic rings. The third-order valence-electron chi connectivity index (χ3n) is 8.23. The van der Waals surface area contributed by atoms with Crippen molar-refractivity contribution in [3.05, 3.63) is 152 Å². The highest BCUT2D eigenvalue weighted by atomic mass is 35.5. The van der Waals surface area contributed by atoms with Crippen LogP contribution in [0.25, 0.3) is 33.7 Å². The number of carbonyl (C=O) groups is 2. The van der Waals surface area contributed by atoms with Crippen molar-refractivity contribution in [2.45, 2.75) is 6.29 Å². The third-order valence-corrected chi connectivity index (χ3v) is 9.57. The number of hydrogen-bond donors (Lipinski definition) is 1. The molecule has 0 saturated heterocycles. The fraction of sp³-hybridized carbons (Fsp3) is 0.0263. The molecule has 2 amide bonds. The molecule has 59 heavy (non-hydrogen) atoms. The zero-order chi connectivity index (χ0) is 42.2. The molecular weight excluding hydrogens is 866 g/mol. The Morgan fingerprint density at radius 1 is 0.814 bits per heavy atom. The molecule has 0 atom stereocenters. The van der Waals surface area contributed by atoms with Crippen LogP contribution >= 0.6 is 46.4 Å². The van der Waals surface area contributed by atoms with E-state index in [9.17, 15) is 31.9 Å². The number of H-pyrrole nitrogens is 1. The highest BCUT2D eigenvalue weighted by molar-refractivity contribution is 6.62. The SMILES string of the molecule is N#Cc1c[nH]cc1-c1cccc2c1OC(F)(F)O2.O=C1C(Cl)=C(Cl)C(=O)N1c1ccc(F)cc1.O=c1c2cc(F)ccc2nc(-n2cncn2)n1-c1ccc(Cl)cc1Cl. The van der Waals surface area contributed by atoms with Crippen LogP contribution in [0.3, 0.4) is 0 Å². The number of carbonyl (C=O) groups excluding carboxylic acids is 2. The van der Waals surface area contributed by atoms with Crippen molar-refractivity contribution in [2.24, 2.45) is 0 Å². The first-order chi connectivity index (χ1) is 28.2. The minimum atomic E-state index is -3.67. The van der Waals surface area contributed by atoms with E-state index >= 15 is 0 Å². The van der Waals surface area contributed by atoms with Crippen LogP contribution in [0.4, 0.5) is 23.2 Å². The second-order valence-electron chi connectivity index (χ2n) is 11.9. The first-order valence-electron chi connectivity index (χ1n) is 16.4. The highest BCUT2D eigenvalue weighted by Gasteiger charge is 2.45. The number of fused-ring (bicyclic) bond motifs is 2. The summed E-state index contributed by atoms with van der Waals surface area (Å²) in [6, 6.07) is 19.9. The lowest BCUT2D eigenvalue weighted by molar-refractivity contribution is -0.286. The number of amides is 2. The van der Waals surface area contributed by atoms with Gasteiger partial charge in [0.05, 0.1) is 32.9 Å². The summed E-state index contributed by atoms with van der Waals surface area (Å²) in [5, 5.41) is 13.1. The van der Waals surface area contributed by atoms with E-state index in [2.05, 4.69) is 29.5 Å². The van der Waals surface area contributed by atoms with Gasteiger partial charge < -0.3 is 14.5 Å². The molecular formula is C38H18Cl4F4N8O5. The number of aromatic nitrogens is 6. The molecule has 1 N–H and O–H groups in total. The highest BCUT2D eigenvalue weighted by Crippen LogP contribution is 2.47. The lowest BCUT2D eigenvalue weighted by atomic mass is 10.0. The third kappa shape index (κ3) is 8.07. The van der Waals surface area contributed by atoms with Crippen molar-refractivity contribution in [1.82, 2.24) is 29.3 Å². The molecule has 0 radical (unpaired) electrons. The van der Waals surface area contributed by atoms with Crippen molar-refractivity contribution in [3.8, 4) is 40.3 Å². The van der Waals surface area contributed by atoms with E-state index < -0.39 is 35.3 Å². The summed E-state index contributed by atoms with van der Waals surface area (Å²) in [6.07, 6.45) is 2.09. The van der Waals surface area contributed by atoms with E-state index in [4.69, 9.17) is 51.7 Å². The van der Waals surface area contributed by atoms with Crippen LogP contribution in [0.5, 0.6) is 11.5 Å². The molecule has 13 nitrogen and oxygen atoms in total. The van der Waals surface area contributed by atoms with Crippen molar-refractivity contribution >= 4 is 74.8 Å². The van der Waals surface area contributed by atoms with Crippen LogP contribution in [0, 0.1) is 23.0 Å². The van der Waals surface area contributed by atoms with E-state index in [0.717, 1.165) is 23.1 Å². The number of rotatable bonds is 4. The molecule has 21 heteroatoms. The van der Waals surface area contributed by atoms with Gasteiger partial charge in [-0.3, -0.25) is 14.4 Å². The Kier molecular flexibility index (Phi) is 11.2. The number of benzene rings is 4. The van der Waals surface area contributed by atoms with Gasteiger partial charge in [0, 0.05) is 28.5 Å². The molecule has 3 aromatic heterocycles. The second kappa shape index (κ2) is 16.3. The summed E-state index contributed by atoms with van der Waals surface area (Å²) < 4.78 is 63.7. The maximum atomic E-state index is 13.6. The van der Waals surface area contributed by atoms with Gasteiger partial charge in [0.15, 0.2) is 11.5 Å². The molecule has 0 saturated carbocycles. The van der Waals surface area contributed by atoms with E-state index in [0.29, 0.717) is 32.9 Å². The Labute approximate surface area is 347 Å². The fourth-order valence-corrected chi connectivity index (χ4v) is 6.48. The Morgan fingerprint density at radius 3 is 2.19 bits per heavy atom. The first kappa shape index (κ1) is 40.5. The van der Waals surface area contributed by atoms with Gasteiger partial charge in [-0.2, -0.15) is 15.0 Å². The number of hydrogen-bond acceptors (Lipinski definition) is 9. The van der Waals surface area contributed by atoms with Crippen molar-refractivity contribution in [2.75, 3.05) is 4.90 Å². The van der Waals surface area contributed by atoms with Gasteiger partial charge in [-0.25, -0.2) is 28.2 Å². The van der Waals surface area contributed by atoms with E-state index in [1.54, 1.807) is 30.5 Å². The lowest BCUT2D eigenvalue weighted by Crippen LogP contribution is -2.30. The van der Waals surface area contributed by atoms with Gasteiger partial charge in [0.2, 0.25) is 5.95 Å². The molecule has 0 spiro atoms. The number of nitrogens with one attached hydrogen (secondary N) is 1. The number of imide groups is 1. The minimum Gasteiger partial charge on any atom is -0.395 e. The van der Waals surface area contributed by atoms with Gasteiger partial charge >= 0.3 is 6.29 Å². The van der Waals surface area contributed by atoms with Crippen LogP contribution in [0.15, 0.2) is 119 Å². The molecule has 5 heterocycles. The smallest absolute Gasteiger partial charge is 0.395 e. The summed E-state index contributed by atoms with van der Waals surface area (Å²) in [5.74, 6) is -2.33. The average molecular weight is 884 g/mol. The first-order valence-corrected chi connectivity index (χ1v) is 17.9. The van der Waals surface area contributed by atoms with Crippen LogP contribution in [0.1, 0.15) is 5.56 Å². The van der Waals surface area contributed by atoms with Crippen LogP contribution < -0.4 is 19.9 Å². The Hall–Kier alpha value is -6.71. The summed E-state index contributed by atoms with van der Waals surface area (Å²) >= 11 is 23.3. The van der Waals surface area contributed by atoms with Crippen LogP contribution in [0.2, 0.25) is 10.0 Å². The molecule has 4 aromatic carbocycles. The Balaban J connectivity index is 0.000000139. The number of alkyl halides is 2. The lowest BCUT2D eigenvalue weighted by Gasteiger charge is -2.14. The van der Waals surface area contributed by atoms with E-state index in [-0.39, 0.29) is 43.6 Å². The number of nitriles is 1. The summed E-state index contributed by atoms with van der Waals surface area (Å²) in [6.45, 7) is 0. The molecule has 0 fully saturated rings. The Morgan fingerprint density at radius 2 is 1.53 bits per heavy atom. The normalized spacial score (nSPS) is 13.8. The number of aromatic amines is 1. The summed E-state index contributed by atoms with van der Waals surface area (Å²) in [5.41, 5.74) is 1.66. The van der Waals surface area contributed by atoms with Gasteiger partial charge in [0.25, 0.3) is 17.4 Å².